The summed E-state index contributed by atoms with van der Waals surface area (Å²) in [5.41, 5.74) is 0. The van der Waals surface area contributed by atoms with Gasteiger partial charge in [0.15, 0.2) is 6.30 Å². The van der Waals surface area contributed by atoms with Crippen LogP contribution in [0, 0.1) is 5.92 Å². The average Bonchev–Trinajstić information content (AvgIpc) is 1.87. The van der Waals surface area contributed by atoms with Crippen molar-refractivity contribution in [3.63, 3.8) is 0 Å². The summed E-state index contributed by atoms with van der Waals surface area (Å²) in [7, 11) is 1.57. The molecule has 0 aliphatic rings. The molecule has 2 nitrogen and oxygen atoms in total. The van der Waals surface area contributed by atoms with Crippen molar-refractivity contribution in [2.75, 3.05) is 20.3 Å². The van der Waals surface area contributed by atoms with Crippen LogP contribution in [0.3, 0.4) is 0 Å². The lowest BCUT2D eigenvalue weighted by atomic mass is 10.2. The van der Waals surface area contributed by atoms with E-state index in [1.165, 1.54) is 0 Å². The molecule has 0 spiro atoms. The molecule has 0 fully saturated rings. The second-order valence-corrected chi connectivity index (χ2v) is 2.69. The summed E-state index contributed by atoms with van der Waals surface area (Å²) >= 11 is 0. The molecule has 0 heterocycles. The van der Waals surface area contributed by atoms with Crippen LogP contribution in [0.5, 0.6) is 0 Å². The lowest BCUT2D eigenvalue weighted by Crippen LogP contribution is -2.26. The molecule has 0 saturated carbocycles. The standard InChI is InChI=1S/C7H16FNO/c1-6(2)4-10-5-7(8)9-3/h6-7,9H,4-5H2,1-3H3. The van der Waals surface area contributed by atoms with E-state index in [2.05, 4.69) is 5.32 Å². The normalized spacial score (nSPS) is 14.1. The molecule has 0 aliphatic carbocycles. The van der Waals surface area contributed by atoms with Crippen LogP contribution in [-0.2, 0) is 4.74 Å². The van der Waals surface area contributed by atoms with E-state index in [0.29, 0.717) is 12.5 Å². The van der Waals surface area contributed by atoms with Gasteiger partial charge in [-0.15, -0.1) is 0 Å². The number of nitrogens with one attached hydrogen (secondary N) is 1. The van der Waals surface area contributed by atoms with E-state index >= 15 is 0 Å². The van der Waals surface area contributed by atoms with Crippen molar-refractivity contribution in [1.29, 1.82) is 0 Å². The smallest absolute Gasteiger partial charge is 0.174 e. The minimum atomic E-state index is -1.03. The van der Waals surface area contributed by atoms with Gasteiger partial charge in [0.2, 0.25) is 0 Å². The molecular formula is C7H16FNO. The van der Waals surface area contributed by atoms with E-state index in [4.69, 9.17) is 4.74 Å². The summed E-state index contributed by atoms with van der Waals surface area (Å²) < 4.78 is 17.4. The SMILES string of the molecule is CNC(F)COCC(C)C. The van der Waals surface area contributed by atoms with E-state index in [1.807, 2.05) is 13.8 Å². The van der Waals surface area contributed by atoms with Crippen molar-refractivity contribution >= 4 is 0 Å². The number of alkyl halides is 1. The number of rotatable bonds is 5. The monoisotopic (exact) mass is 149 g/mol. The third-order valence-electron chi connectivity index (χ3n) is 1.03. The van der Waals surface area contributed by atoms with Gasteiger partial charge in [-0.05, 0) is 13.0 Å². The molecule has 0 rings (SSSR count). The summed E-state index contributed by atoms with van der Waals surface area (Å²) in [6.45, 7) is 4.84. The zero-order chi connectivity index (χ0) is 7.98. The number of likely N-dealkylation sites (N-methyl/N-ethyl adjacent to an activating group) is 1. The number of hydrogen-bond acceptors (Lipinski definition) is 2. The molecule has 0 aromatic rings. The van der Waals surface area contributed by atoms with Crippen LogP contribution in [-0.4, -0.2) is 26.6 Å². The molecule has 10 heavy (non-hydrogen) atoms. The van der Waals surface area contributed by atoms with Crippen LogP contribution in [0.4, 0.5) is 4.39 Å². The van der Waals surface area contributed by atoms with Crippen molar-refractivity contribution in [2.45, 2.75) is 20.1 Å². The highest BCUT2D eigenvalue weighted by Crippen LogP contribution is 1.93. The predicted molar refractivity (Wildman–Crippen MR) is 39.6 cm³/mol. The maximum atomic E-state index is 12.3. The van der Waals surface area contributed by atoms with Gasteiger partial charge in [0.05, 0.1) is 6.61 Å². The van der Waals surface area contributed by atoms with Crippen LogP contribution >= 0.6 is 0 Å². The van der Waals surface area contributed by atoms with E-state index < -0.39 is 6.30 Å². The Morgan fingerprint density at radius 1 is 1.40 bits per heavy atom. The van der Waals surface area contributed by atoms with Crippen molar-refractivity contribution < 1.29 is 9.13 Å². The third kappa shape index (κ3) is 5.98. The maximum absolute atomic E-state index is 12.3. The van der Waals surface area contributed by atoms with Gasteiger partial charge in [0.1, 0.15) is 0 Å². The lowest BCUT2D eigenvalue weighted by Gasteiger charge is -2.08. The quantitative estimate of drug-likeness (QED) is 0.592. The van der Waals surface area contributed by atoms with Crippen molar-refractivity contribution in [1.82, 2.24) is 5.32 Å². The first-order chi connectivity index (χ1) is 4.66. The van der Waals surface area contributed by atoms with Gasteiger partial charge in [-0.25, -0.2) is 4.39 Å². The second kappa shape index (κ2) is 5.62. The molecular weight excluding hydrogens is 133 g/mol. The Morgan fingerprint density at radius 3 is 2.40 bits per heavy atom. The molecule has 62 valence electrons. The molecule has 0 aromatic heterocycles. The zero-order valence-corrected chi connectivity index (χ0v) is 6.86. The second-order valence-electron chi connectivity index (χ2n) is 2.69. The van der Waals surface area contributed by atoms with Gasteiger partial charge in [-0.3, -0.25) is 5.32 Å². The van der Waals surface area contributed by atoms with Gasteiger partial charge < -0.3 is 4.74 Å². The van der Waals surface area contributed by atoms with E-state index in [1.54, 1.807) is 7.05 Å². The molecule has 0 aliphatic heterocycles. The summed E-state index contributed by atoms with van der Waals surface area (Å²) in [6.07, 6.45) is -1.03. The molecule has 1 unspecified atom stereocenters. The van der Waals surface area contributed by atoms with Crippen LogP contribution < -0.4 is 5.32 Å². The molecule has 1 N–H and O–H groups in total. The van der Waals surface area contributed by atoms with Crippen molar-refractivity contribution in [3.05, 3.63) is 0 Å². The number of halogens is 1. The van der Waals surface area contributed by atoms with Gasteiger partial charge in [0.25, 0.3) is 0 Å². The van der Waals surface area contributed by atoms with E-state index in [-0.39, 0.29) is 6.61 Å². The summed E-state index contributed by atoms with van der Waals surface area (Å²) in [6, 6.07) is 0. The first kappa shape index (κ1) is 9.85. The minimum absolute atomic E-state index is 0.148. The Kier molecular flexibility index (Phi) is 5.54. The number of ether oxygens (including phenoxy) is 1. The fourth-order valence-electron chi connectivity index (χ4n) is 0.491. The Hall–Kier alpha value is -0.150. The number of hydrogen-bond donors (Lipinski definition) is 1. The third-order valence-corrected chi connectivity index (χ3v) is 1.03. The molecule has 1 atom stereocenters. The molecule has 0 radical (unpaired) electrons. The van der Waals surface area contributed by atoms with Crippen LogP contribution in [0.25, 0.3) is 0 Å². The Bertz CT molecular complexity index is 78.0. The van der Waals surface area contributed by atoms with Gasteiger partial charge in [-0.1, -0.05) is 13.8 Å². The van der Waals surface area contributed by atoms with Gasteiger partial charge in [-0.2, -0.15) is 0 Å². The van der Waals surface area contributed by atoms with Crippen LogP contribution in [0.2, 0.25) is 0 Å². The Morgan fingerprint density at radius 2 is 2.00 bits per heavy atom. The molecule has 0 aromatic carbocycles. The largest absolute Gasteiger partial charge is 0.377 e. The van der Waals surface area contributed by atoms with Crippen LogP contribution in [0.15, 0.2) is 0 Å². The summed E-state index contributed by atoms with van der Waals surface area (Å²) in [5.74, 6) is 0.476. The summed E-state index contributed by atoms with van der Waals surface area (Å²) in [5, 5.41) is 2.45. The van der Waals surface area contributed by atoms with Crippen LogP contribution in [0.1, 0.15) is 13.8 Å². The van der Waals surface area contributed by atoms with E-state index in [9.17, 15) is 4.39 Å². The average molecular weight is 149 g/mol. The lowest BCUT2D eigenvalue weighted by molar-refractivity contribution is 0.0548. The molecule has 0 amide bonds. The van der Waals surface area contributed by atoms with Gasteiger partial charge >= 0.3 is 0 Å². The van der Waals surface area contributed by atoms with Crippen molar-refractivity contribution in [2.24, 2.45) is 5.92 Å². The topological polar surface area (TPSA) is 21.3 Å². The molecule has 0 saturated heterocycles. The first-order valence-electron chi connectivity index (χ1n) is 3.56. The maximum Gasteiger partial charge on any atom is 0.174 e. The predicted octanol–water partition coefficient (Wildman–Crippen LogP) is 1.17. The Balaban J connectivity index is 3.03. The summed E-state index contributed by atoms with van der Waals surface area (Å²) in [4.78, 5) is 0. The highest BCUT2D eigenvalue weighted by molar-refractivity contribution is 4.46. The zero-order valence-electron chi connectivity index (χ0n) is 6.86. The first-order valence-corrected chi connectivity index (χ1v) is 3.56. The van der Waals surface area contributed by atoms with Gasteiger partial charge in [0, 0.05) is 6.61 Å². The van der Waals surface area contributed by atoms with Crippen molar-refractivity contribution in [3.8, 4) is 0 Å². The fourth-order valence-corrected chi connectivity index (χ4v) is 0.491. The highest BCUT2D eigenvalue weighted by Gasteiger charge is 2.01. The molecule has 3 heteroatoms. The molecule has 0 bridgehead atoms. The minimum Gasteiger partial charge on any atom is -0.377 e. The highest BCUT2D eigenvalue weighted by atomic mass is 19.1. The van der Waals surface area contributed by atoms with E-state index in [0.717, 1.165) is 0 Å². The fraction of sp³-hybridized carbons (Fsp3) is 1.00. The Labute approximate surface area is 61.8 Å².